The summed E-state index contributed by atoms with van der Waals surface area (Å²) < 4.78 is 0. The van der Waals surface area contributed by atoms with Crippen LogP contribution >= 0.6 is 35.3 Å². The van der Waals surface area contributed by atoms with Crippen LogP contribution in [0.15, 0.2) is 23.3 Å². The van der Waals surface area contributed by atoms with E-state index in [0.29, 0.717) is 13.1 Å². The van der Waals surface area contributed by atoms with Gasteiger partial charge in [0.25, 0.3) is 0 Å². The largest absolute Gasteiger partial charge is 0.357 e. The fourth-order valence-electron chi connectivity index (χ4n) is 3.28. The number of nitrogens with zero attached hydrogens (tertiary/aromatic N) is 5. The number of pyridine rings is 1. The Morgan fingerprint density at radius 3 is 2.47 bits per heavy atom. The molecule has 0 spiro atoms. The van der Waals surface area contributed by atoms with Crippen molar-refractivity contribution in [2.75, 3.05) is 44.2 Å². The highest BCUT2D eigenvalue weighted by atomic mass is 127. The van der Waals surface area contributed by atoms with Crippen LogP contribution in [-0.4, -0.2) is 60.1 Å². The van der Waals surface area contributed by atoms with Crippen molar-refractivity contribution >= 4 is 47.1 Å². The molecule has 2 aromatic heterocycles. The maximum absolute atomic E-state index is 4.70. The van der Waals surface area contributed by atoms with E-state index in [2.05, 4.69) is 70.2 Å². The number of hydrogen-bond acceptors (Lipinski definition) is 6. The van der Waals surface area contributed by atoms with Gasteiger partial charge in [-0.15, -0.1) is 35.3 Å². The molecule has 3 rings (SSSR count). The fraction of sp³-hybridized carbons (Fsp3) is 0.571. The minimum absolute atomic E-state index is 0. The Morgan fingerprint density at radius 2 is 1.90 bits per heavy atom. The summed E-state index contributed by atoms with van der Waals surface area (Å²) in [6.07, 6.45) is 1.95. The van der Waals surface area contributed by atoms with Gasteiger partial charge in [0, 0.05) is 43.8 Å². The molecule has 0 bridgehead atoms. The molecule has 1 saturated heterocycles. The number of hydrogen-bond donors (Lipinski definition) is 2. The summed E-state index contributed by atoms with van der Waals surface area (Å²) >= 11 is 1.73. The van der Waals surface area contributed by atoms with Crippen LogP contribution in [-0.2, 0) is 13.1 Å². The normalized spacial score (nSPS) is 15.1. The zero-order chi connectivity index (χ0) is 20.6. The Balaban J connectivity index is 0.00000320. The van der Waals surface area contributed by atoms with E-state index >= 15 is 0 Å². The molecule has 1 aliphatic heterocycles. The molecule has 0 aromatic carbocycles. The SMILES string of the molecule is CCNC(=NCc1ccc(N2CCN(CC)CC2)nc1)NCc1nc(C)c(C)s1.I. The molecule has 0 unspecified atom stereocenters. The van der Waals surface area contributed by atoms with Gasteiger partial charge in [0.05, 0.1) is 18.8 Å². The highest BCUT2D eigenvalue weighted by molar-refractivity contribution is 14.0. The van der Waals surface area contributed by atoms with Crippen LogP contribution in [0.3, 0.4) is 0 Å². The monoisotopic (exact) mass is 543 g/mol. The Hall–Kier alpha value is -1.46. The number of halogens is 1. The molecule has 0 radical (unpaired) electrons. The number of aryl methyl sites for hydroxylation is 2. The van der Waals surface area contributed by atoms with Gasteiger partial charge in [-0.3, -0.25) is 0 Å². The number of anilines is 1. The molecule has 30 heavy (non-hydrogen) atoms. The molecule has 0 amide bonds. The van der Waals surface area contributed by atoms with Crippen LogP contribution in [0.1, 0.15) is 35.0 Å². The third kappa shape index (κ3) is 7.05. The minimum Gasteiger partial charge on any atom is -0.357 e. The Kier molecular flexibility index (Phi) is 10.3. The first kappa shape index (κ1) is 24.8. The smallest absolute Gasteiger partial charge is 0.191 e. The molecule has 1 aliphatic rings. The Labute approximate surface area is 201 Å². The first-order valence-corrected chi connectivity index (χ1v) is 11.3. The van der Waals surface area contributed by atoms with Crippen LogP contribution in [0.4, 0.5) is 5.82 Å². The lowest BCUT2D eigenvalue weighted by molar-refractivity contribution is 0.270. The zero-order valence-electron chi connectivity index (χ0n) is 18.4. The lowest BCUT2D eigenvalue weighted by Gasteiger charge is -2.34. The van der Waals surface area contributed by atoms with Crippen molar-refractivity contribution in [3.8, 4) is 0 Å². The molecular weight excluding hydrogens is 509 g/mol. The van der Waals surface area contributed by atoms with Crippen LogP contribution in [0.5, 0.6) is 0 Å². The van der Waals surface area contributed by atoms with Crippen molar-refractivity contribution in [3.63, 3.8) is 0 Å². The Morgan fingerprint density at radius 1 is 1.13 bits per heavy atom. The molecule has 0 atom stereocenters. The van der Waals surface area contributed by atoms with E-state index < -0.39 is 0 Å². The second-order valence-electron chi connectivity index (χ2n) is 7.24. The van der Waals surface area contributed by atoms with Gasteiger partial charge in [0.2, 0.25) is 0 Å². The number of likely N-dealkylation sites (N-methyl/N-ethyl adjacent to an activating group) is 1. The predicted octanol–water partition coefficient (Wildman–Crippen LogP) is 3.17. The van der Waals surface area contributed by atoms with E-state index in [1.165, 1.54) is 4.88 Å². The van der Waals surface area contributed by atoms with Gasteiger partial charge >= 0.3 is 0 Å². The van der Waals surface area contributed by atoms with E-state index in [4.69, 9.17) is 4.99 Å². The fourth-order valence-corrected chi connectivity index (χ4v) is 4.15. The van der Waals surface area contributed by atoms with Crippen LogP contribution in [0.25, 0.3) is 0 Å². The first-order chi connectivity index (χ1) is 14.1. The predicted molar refractivity (Wildman–Crippen MR) is 137 cm³/mol. The van der Waals surface area contributed by atoms with Crippen molar-refractivity contribution < 1.29 is 0 Å². The van der Waals surface area contributed by atoms with Gasteiger partial charge in [-0.05, 0) is 38.9 Å². The first-order valence-electron chi connectivity index (χ1n) is 10.5. The number of piperazine rings is 1. The van der Waals surface area contributed by atoms with Gasteiger partial charge in [-0.2, -0.15) is 0 Å². The van der Waals surface area contributed by atoms with Crippen molar-refractivity contribution in [1.29, 1.82) is 0 Å². The molecule has 1 fully saturated rings. The molecule has 2 aromatic rings. The number of rotatable bonds is 7. The van der Waals surface area contributed by atoms with Crippen molar-refractivity contribution in [2.45, 2.75) is 40.8 Å². The van der Waals surface area contributed by atoms with Crippen molar-refractivity contribution in [1.82, 2.24) is 25.5 Å². The van der Waals surface area contributed by atoms with E-state index in [1.807, 2.05) is 6.20 Å². The van der Waals surface area contributed by atoms with E-state index in [-0.39, 0.29) is 24.0 Å². The van der Waals surface area contributed by atoms with Crippen LogP contribution in [0, 0.1) is 13.8 Å². The highest BCUT2D eigenvalue weighted by Crippen LogP contribution is 2.16. The summed E-state index contributed by atoms with van der Waals surface area (Å²) in [7, 11) is 0. The van der Waals surface area contributed by atoms with Crippen molar-refractivity contribution in [3.05, 3.63) is 39.5 Å². The zero-order valence-corrected chi connectivity index (χ0v) is 21.6. The molecule has 9 heteroatoms. The van der Waals surface area contributed by atoms with Gasteiger partial charge in [-0.25, -0.2) is 15.0 Å². The second kappa shape index (κ2) is 12.4. The number of guanidine groups is 1. The van der Waals surface area contributed by atoms with Crippen molar-refractivity contribution in [2.24, 2.45) is 4.99 Å². The third-order valence-corrected chi connectivity index (χ3v) is 6.27. The summed E-state index contributed by atoms with van der Waals surface area (Å²) in [6, 6.07) is 4.25. The lowest BCUT2D eigenvalue weighted by Crippen LogP contribution is -2.46. The summed E-state index contributed by atoms with van der Waals surface area (Å²) in [5.74, 6) is 1.87. The molecule has 0 aliphatic carbocycles. The number of nitrogens with one attached hydrogen (secondary N) is 2. The molecule has 0 saturated carbocycles. The van der Waals surface area contributed by atoms with Gasteiger partial charge < -0.3 is 20.4 Å². The molecule has 2 N–H and O–H groups in total. The minimum atomic E-state index is 0. The van der Waals surface area contributed by atoms with E-state index in [9.17, 15) is 0 Å². The maximum atomic E-state index is 4.70. The standard InChI is InChI=1S/C21H33N7S.HI/c1-5-22-21(25-15-20-26-16(3)17(4)29-20)24-14-18-7-8-19(23-13-18)28-11-9-27(6-2)10-12-28;/h7-8,13H,5-6,9-12,14-15H2,1-4H3,(H2,22,24,25);1H. The number of thiazole rings is 1. The van der Waals surface area contributed by atoms with Gasteiger partial charge in [0.1, 0.15) is 10.8 Å². The molecule has 7 nitrogen and oxygen atoms in total. The maximum Gasteiger partial charge on any atom is 0.191 e. The topological polar surface area (TPSA) is 68.7 Å². The Bertz CT molecular complexity index is 779. The lowest BCUT2D eigenvalue weighted by atomic mass is 10.2. The quantitative estimate of drug-likeness (QED) is 0.318. The summed E-state index contributed by atoms with van der Waals surface area (Å²) in [4.78, 5) is 20.1. The molecule has 166 valence electrons. The molecular formula is C21H34IN7S. The summed E-state index contributed by atoms with van der Waals surface area (Å²) in [6.45, 7) is 16.0. The van der Waals surface area contributed by atoms with E-state index in [1.54, 1.807) is 11.3 Å². The van der Waals surface area contributed by atoms with E-state index in [0.717, 1.165) is 67.3 Å². The molecule has 3 heterocycles. The average Bonchev–Trinajstić information content (AvgIpc) is 3.08. The van der Waals surface area contributed by atoms with Crippen LogP contribution in [0.2, 0.25) is 0 Å². The third-order valence-electron chi connectivity index (χ3n) is 5.20. The number of aliphatic imine (C=N–C) groups is 1. The highest BCUT2D eigenvalue weighted by Gasteiger charge is 2.16. The summed E-state index contributed by atoms with van der Waals surface area (Å²) in [5, 5.41) is 7.76. The van der Waals surface area contributed by atoms with Gasteiger partial charge in [-0.1, -0.05) is 13.0 Å². The van der Waals surface area contributed by atoms with Gasteiger partial charge in [0.15, 0.2) is 5.96 Å². The second-order valence-corrected chi connectivity index (χ2v) is 8.53. The number of aromatic nitrogens is 2. The van der Waals surface area contributed by atoms with Crippen LogP contribution < -0.4 is 15.5 Å². The summed E-state index contributed by atoms with van der Waals surface area (Å²) in [5.41, 5.74) is 2.22. The average molecular weight is 544 g/mol.